The van der Waals surface area contributed by atoms with Crippen LogP contribution >= 0.6 is 0 Å². The first-order valence-electron chi connectivity index (χ1n) is 9.55. The number of ether oxygens (including phenoxy) is 1. The highest BCUT2D eigenvalue weighted by Crippen LogP contribution is 2.32. The summed E-state index contributed by atoms with van der Waals surface area (Å²) >= 11 is 0. The van der Waals surface area contributed by atoms with Crippen LogP contribution in [0, 0.1) is 12.7 Å². The van der Waals surface area contributed by atoms with Crippen LogP contribution in [0.15, 0.2) is 48.8 Å². The van der Waals surface area contributed by atoms with Gasteiger partial charge in [0.05, 0.1) is 17.9 Å². The first-order chi connectivity index (χ1) is 14.5. The normalized spacial score (nSPS) is 13.8. The smallest absolute Gasteiger partial charge is 0.255 e. The maximum absolute atomic E-state index is 13.0. The Morgan fingerprint density at radius 3 is 2.70 bits per heavy atom. The Kier molecular flexibility index (Phi) is 5.27. The Morgan fingerprint density at radius 1 is 1.23 bits per heavy atom. The highest BCUT2D eigenvalue weighted by molar-refractivity contribution is 6.00. The number of rotatable bonds is 6. The van der Waals surface area contributed by atoms with Gasteiger partial charge in [-0.3, -0.25) is 19.6 Å². The number of fused-ring (bicyclic) bond motifs is 1. The lowest BCUT2D eigenvalue weighted by Crippen LogP contribution is -2.28. The van der Waals surface area contributed by atoms with Gasteiger partial charge in [-0.05, 0) is 49.2 Å². The van der Waals surface area contributed by atoms with Gasteiger partial charge in [0.25, 0.3) is 5.91 Å². The predicted octanol–water partition coefficient (Wildman–Crippen LogP) is 4.03. The van der Waals surface area contributed by atoms with Gasteiger partial charge in [-0.15, -0.1) is 0 Å². The third-order valence-electron chi connectivity index (χ3n) is 5.31. The molecule has 0 saturated carbocycles. The molecule has 2 aromatic heterocycles. The highest BCUT2D eigenvalue weighted by atomic mass is 19.1. The van der Waals surface area contributed by atoms with Crippen molar-refractivity contribution >= 4 is 12.2 Å². The molecule has 4 rings (SSSR count). The molecule has 1 aliphatic heterocycles. The lowest BCUT2D eigenvalue weighted by molar-refractivity contribution is 0.0711. The van der Waals surface area contributed by atoms with E-state index < -0.39 is 0 Å². The van der Waals surface area contributed by atoms with Crippen molar-refractivity contribution in [3.8, 4) is 5.75 Å². The number of aromatic nitrogens is 2. The molecule has 0 aliphatic carbocycles. The Morgan fingerprint density at radius 2 is 2.00 bits per heavy atom. The SMILES string of the molecule is Cc1cc(C(C)N2Cc3c(ccnc3C=O)C2=O)ncc1OCc1ccc(F)cc1. The van der Waals surface area contributed by atoms with Crippen LogP contribution in [0.25, 0.3) is 0 Å². The minimum atomic E-state index is -0.287. The third kappa shape index (κ3) is 3.66. The Labute approximate surface area is 173 Å². The topological polar surface area (TPSA) is 72.4 Å². The quantitative estimate of drug-likeness (QED) is 0.579. The van der Waals surface area contributed by atoms with Gasteiger partial charge in [0.15, 0.2) is 6.29 Å². The van der Waals surface area contributed by atoms with Gasteiger partial charge in [-0.2, -0.15) is 0 Å². The number of amides is 1. The largest absolute Gasteiger partial charge is 0.487 e. The van der Waals surface area contributed by atoms with Crippen LogP contribution in [0.3, 0.4) is 0 Å². The number of halogens is 1. The monoisotopic (exact) mass is 405 g/mol. The van der Waals surface area contributed by atoms with Crippen molar-refractivity contribution in [2.75, 3.05) is 0 Å². The number of hydrogen-bond donors (Lipinski definition) is 0. The maximum Gasteiger partial charge on any atom is 0.255 e. The fourth-order valence-electron chi connectivity index (χ4n) is 3.53. The van der Waals surface area contributed by atoms with Crippen LogP contribution < -0.4 is 4.74 Å². The Bertz CT molecular complexity index is 1120. The van der Waals surface area contributed by atoms with Gasteiger partial charge in [-0.1, -0.05) is 12.1 Å². The number of pyridine rings is 2. The van der Waals surface area contributed by atoms with E-state index in [1.165, 1.54) is 18.3 Å². The molecule has 0 fully saturated rings. The van der Waals surface area contributed by atoms with Crippen LogP contribution in [0.2, 0.25) is 0 Å². The molecule has 3 heterocycles. The summed E-state index contributed by atoms with van der Waals surface area (Å²) in [6.45, 7) is 4.44. The minimum Gasteiger partial charge on any atom is -0.487 e. The van der Waals surface area contributed by atoms with Gasteiger partial charge in [0.2, 0.25) is 0 Å². The van der Waals surface area contributed by atoms with Crippen LogP contribution in [-0.2, 0) is 13.2 Å². The number of carbonyl (C=O) groups is 2. The molecule has 1 amide bonds. The molecule has 6 nitrogen and oxygen atoms in total. The molecule has 1 atom stereocenters. The first kappa shape index (κ1) is 19.7. The molecule has 0 N–H and O–H groups in total. The van der Waals surface area contributed by atoms with Crippen LogP contribution in [-0.4, -0.2) is 27.1 Å². The van der Waals surface area contributed by atoms with E-state index in [-0.39, 0.29) is 17.8 Å². The van der Waals surface area contributed by atoms with E-state index >= 15 is 0 Å². The minimum absolute atomic E-state index is 0.140. The second kappa shape index (κ2) is 8.02. The van der Waals surface area contributed by atoms with E-state index in [9.17, 15) is 14.0 Å². The van der Waals surface area contributed by atoms with Crippen molar-refractivity contribution < 1.29 is 18.7 Å². The zero-order chi connectivity index (χ0) is 21.3. The van der Waals surface area contributed by atoms with Crippen molar-refractivity contribution in [2.45, 2.75) is 33.0 Å². The van der Waals surface area contributed by atoms with Gasteiger partial charge in [0.1, 0.15) is 23.9 Å². The summed E-state index contributed by atoms with van der Waals surface area (Å²) in [6.07, 6.45) is 3.79. The summed E-state index contributed by atoms with van der Waals surface area (Å²) in [6, 6.07) is 9.38. The molecule has 7 heteroatoms. The predicted molar refractivity (Wildman–Crippen MR) is 108 cm³/mol. The van der Waals surface area contributed by atoms with Crippen LogP contribution in [0.5, 0.6) is 5.75 Å². The van der Waals surface area contributed by atoms with Crippen molar-refractivity contribution in [2.24, 2.45) is 0 Å². The average Bonchev–Trinajstić information content (AvgIpc) is 3.10. The van der Waals surface area contributed by atoms with E-state index in [2.05, 4.69) is 9.97 Å². The van der Waals surface area contributed by atoms with E-state index in [4.69, 9.17) is 4.74 Å². The van der Waals surface area contributed by atoms with Crippen molar-refractivity contribution in [1.29, 1.82) is 0 Å². The molecule has 1 aromatic carbocycles. The van der Waals surface area contributed by atoms with Gasteiger partial charge in [-0.25, -0.2) is 4.39 Å². The van der Waals surface area contributed by atoms with Gasteiger partial charge >= 0.3 is 0 Å². The molecule has 0 bridgehead atoms. The number of nitrogens with zero attached hydrogens (tertiary/aromatic N) is 3. The third-order valence-corrected chi connectivity index (χ3v) is 5.31. The number of aryl methyl sites for hydroxylation is 1. The molecule has 1 aliphatic rings. The zero-order valence-electron chi connectivity index (χ0n) is 16.6. The van der Waals surface area contributed by atoms with Crippen molar-refractivity contribution in [3.05, 3.63) is 88.3 Å². The second-order valence-corrected chi connectivity index (χ2v) is 7.24. The summed E-state index contributed by atoms with van der Waals surface area (Å²) in [5, 5.41) is 0. The molecular weight excluding hydrogens is 385 g/mol. The van der Waals surface area contributed by atoms with E-state index in [0.717, 1.165) is 16.8 Å². The lowest BCUT2D eigenvalue weighted by atomic mass is 10.1. The summed E-state index contributed by atoms with van der Waals surface area (Å²) in [5.74, 6) is 0.197. The van der Waals surface area contributed by atoms with Crippen LogP contribution in [0.1, 0.15) is 56.2 Å². The van der Waals surface area contributed by atoms with Gasteiger partial charge < -0.3 is 9.64 Å². The van der Waals surface area contributed by atoms with E-state index in [0.29, 0.717) is 42.0 Å². The molecule has 0 spiro atoms. The fourth-order valence-corrected chi connectivity index (χ4v) is 3.53. The molecule has 3 aromatic rings. The number of aldehydes is 1. The molecule has 0 saturated heterocycles. The zero-order valence-corrected chi connectivity index (χ0v) is 16.6. The molecule has 152 valence electrons. The molecule has 1 unspecified atom stereocenters. The summed E-state index contributed by atoms with van der Waals surface area (Å²) in [4.78, 5) is 34.3. The fraction of sp³-hybridized carbons (Fsp3) is 0.217. The first-order valence-corrected chi connectivity index (χ1v) is 9.55. The number of benzene rings is 1. The maximum atomic E-state index is 13.0. The van der Waals surface area contributed by atoms with E-state index in [1.54, 1.807) is 29.3 Å². The average molecular weight is 405 g/mol. The lowest BCUT2D eigenvalue weighted by Gasteiger charge is -2.24. The van der Waals surface area contributed by atoms with Crippen LogP contribution in [0.4, 0.5) is 4.39 Å². The van der Waals surface area contributed by atoms with Crippen molar-refractivity contribution in [1.82, 2.24) is 14.9 Å². The number of hydrogen-bond acceptors (Lipinski definition) is 5. The highest BCUT2D eigenvalue weighted by Gasteiger charge is 2.34. The summed E-state index contributed by atoms with van der Waals surface area (Å²) in [5.41, 5.74) is 3.92. The Balaban J connectivity index is 1.49. The standard InChI is InChI=1S/C23H20FN3O3/c1-14-9-20(26-10-22(14)30-13-16-3-5-17(24)6-4-16)15(2)27-11-19-18(23(27)29)7-8-25-21(19)12-28/h3-10,12,15H,11,13H2,1-2H3. The summed E-state index contributed by atoms with van der Waals surface area (Å²) < 4.78 is 18.8. The number of carbonyl (C=O) groups excluding carboxylic acids is 2. The molecule has 0 radical (unpaired) electrons. The van der Waals surface area contributed by atoms with Crippen molar-refractivity contribution in [3.63, 3.8) is 0 Å². The molecular formula is C23H20FN3O3. The van der Waals surface area contributed by atoms with E-state index in [1.807, 2.05) is 19.9 Å². The molecule has 30 heavy (non-hydrogen) atoms. The van der Waals surface area contributed by atoms with Gasteiger partial charge in [0, 0.05) is 23.9 Å². The second-order valence-electron chi connectivity index (χ2n) is 7.24. The summed E-state index contributed by atoms with van der Waals surface area (Å²) in [7, 11) is 0. The Hall–Kier alpha value is -3.61.